The van der Waals surface area contributed by atoms with Gasteiger partial charge in [0.15, 0.2) is 12.4 Å². The van der Waals surface area contributed by atoms with Crippen LogP contribution in [0.1, 0.15) is 48.1 Å². The SMILES string of the molecule is Cc1cc(C)cc(OCC(=O)N2CCCCC2c2nc(C)no2)c1. The minimum absolute atomic E-state index is 0.0203. The normalized spacial score (nSPS) is 17.8. The van der Waals surface area contributed by atoms with Crippen LogP contribution >= 0.6 is 0 Å². The Morgan fingerprint density at radius 3 is 2.67 bits per heavy atom. The second-order valence-electron chi connectivity index (χ2n) is 6.39. The van der Waals surface area contributed by atoms with Crippen molar-refractivity contribution >= 4 is 5.91 Å². The summed E-state index contributed by atoms with van der Waals surface area (Å²) in [6, 6.07) is 5.81. The predicted octanol–water partition coefficient (Wildman–Crippen LogP) is 3.13. The Hall–Kier alpha value is -2.37. The van der Waals surface area contributed by atoms with E-state index in [0.717, 1.165) is 36.1 Å². The number of aromatic nitrogens is 2. The highest BCUT2D eigenvalue weighted by molar-refractivity contribution is 5.78. The number of hydrogen-bond acceptors (Lipinski definition) is 5. The fourth-order valence-corrected chi connectivity index (χ4v) is 3.18. The van der Waals surface area contributed by atoms with Crippen molar-refractivity contribution in [2.45, 2.75) is 46.1 Å². The number of likely N-dealkylation sites (tertiary alicyclic amines) is 1. The van der Waals surface area contributed by atoms with Crippen LogP contribution in [0.5, 0.6) is 5.75 Å². The molecule has 1 amide bonds. The van der Waals surface area contributed by atoms with Gasteiger partial charge in [0.05, 0.1) is 0 Å². The van der Waals surface area contributed by atoms with E-state index in [0.29, 0.717) is 18.3 Å². The van der Waals surface area contributed by atoms with Crippen molar-refractivity contribution in [2.24, 2.45) is 0 Å². The molecular formula is C18H23N3O3. The lowest BCUT2D eigenvalue weighted by molar-refractivity contribution is -0.138. The van der Waals surface area contributed by atoms with E-state index in [1.54, 1.807) is 11.8 Å². The first-order valence-electron chi connectivity index (χ1n) is 8.34. The number of nitrogens with zero attached hydrogens (tertiary/aromatic N) is 3. The van der Waals surface area contributed by atoms with E-state index in [9.17, 15) is 4.79 Å². The molecule has 2 aromatic rings. The lowest BCUT2D eigenvalue weighted by Crippen LogP contribution is -2.41. The molecule has 1 fully saturated rings. The third kappa shape index (κ3) is 3.75. The van der Waals surface area contributed by atoms with Crippen LogP contribution in [-0.2, 0) is 4.79 Å². The fraction of sp³-hybridized carbons (Fsp3) is 0.500. The van der Waals surface area contributed by atoms with Crippen LogP contribution in [0.4, 0.5) is 0 Å². The minimum atomic E-state index is -0.143. The molecule has 0 spiro atoms. The number of piperidine rings is 1. The second-order valence-corrected chi connectivity index (χ2v) is 6.39. The summed E-state index contributed by atoms with van der Waals surface area (Å²) in [7, 11) is 0. The first kappa shape index (κ1) is 16.5. The number of ether oxygens (including phenoxy) is 1. The van der Waals surface area contributed by atoms with Gasteiger partial charge in [-0.3, -0.25) is 4.79 Å². The summed E-state index contributed by atoms with van der Waals surface area (Å²) in [6.07, 6.45) is 2.88. The van der Waals surface area contributed by atoms with Crippen molar-refractivity contribution in [1.29, 1.82) is 0 Å². The molecule has 1 saturated heterocycles. The molecule has 128 valence electrons. The summed E-state index contributed by atoms with van der Waals surface area (Å²) in [5.41, 5.74) is 2.24. The largest absolute Gasteiger partial charge is 0.484 e. The van der Waals surface area contributed by atoms with E-state index in [4.69, 9.17) is 9.26 Å². The Labute approximate surface area is 141 Å². The summed E-state index contributed by atoms with van der Waals surface area (Å²) in [5.74, 6) is 1.79. The third-order valence-corrected chi connectivity index (χ3v) is 4.21. The molecule has 2 heterocycles. The van der Waals surface area contributed by atoms with Crippen molar-refractivity contribution in [3.8, 4) is 5.75 Å². The molecule has 1 atom stereocenters. The Balaban J connectivity index is 1.68. The zero-order valence-electron chi connectivity index (χ0n) is 14.4. The van der Waals surface area contributed by atoms with Gasteiger partial charge in [0.25, 0.3) is 5.91 Å². The summed E-state index contributed by atoms with van der Waals surface area (Å²) < 4.78 is 11.0. The van der Waals surface area contributed by atoms with E-state index in [1.807, 2.05) is 26.0 Å². The quantitative estimate of drug-likeness (QED) is 0.862. The van der Waals surface area contributed by atoms with Gasteiger partial charge in [-0.15, -0.1) is 0 Å². The Kier molecular flexibility index (Phi) is 4.83. The molecule has 0 aliphatic carbocycles. The first-order valence-corrected chi connectivity index (χ1v) is 8.34. The molecule has 1 aromatic carbocycles. The van der Waals surface area contributed by atoms with Crippen molar-refractivity contribution in [3.63, 3.8) is 0 Å². The van der Waals surface area contributed by atoms with Crippen LogP contribution in [-0.4, -0.2) is 34.1 Å². The predicted molar refractivity (Wildman–Crippen MR) is 88.8 cm³/mol. The number of aryl methyl sites for hydroxylation is 3. The van der Waals surface area contributed by atoms with Gasteiger partial charge in [-0.1, -0.05) is 11.2 Å². The number of carbonyl (C=O) groups is 1. The van der Waals surface area contributed by atoms with E-state index < -0.39 is 0 Å². The highest BCUT2D eigenvalue weighted by Crippen LogP contribution is 2.30. The van der Waals surface area contributed by atoms with Crippen LogP contribution in [0, 0.1) is 20.8 Å². The molecular weight excluding hydrogens is 306 g/mol. The van der Waals surface area contributed by atoms with Gasteiger partial charge < -0.3 is 14.2 Å². The maximum absolute atomic E-state index is 12.6. The number of carbonyl (C=O) groups excluding carboxylic acids is 1. The van der Waals surface area contributed by atoms with Gasteiger partial charge in [0, 0.05) is 6.54 Å². The zero-order valence-corrected chi connectivity index (χ0v) is 14.4. The van der Waals surface area contributed by atoms with Gasteiger partial charge in [-0.05, 0) is 63.3 Å². The monoisotopic (exact) mass is 329 g/mol. The second kappa shape index (κ2) is 7.03. The average molecular weight is 329 g/mol. The molecule has 6 heteroatoms. The van der Waals surface area contributed by atoms with Gasteiger partial charge in [0.2, 0.25) is 5.89 Å². The van der Waals surface area contributed by atoms with E-state index >= 15 is 0 Å². The smallest absolute Gasteiger partial charge is 0.261 e. The topological polar surface area (TPSA) is 68.5 Å². The number of rotatable bonds is 4. The highest BCUT2D eigenvalue weighted by Gasteiger charge is 2.32. The molecule has 6 nitrogen and oxygen atoms in total. The van der Waals surface area contributed by atoms with Crippen molar-refractivity contribution in [2.75, 3.05) is 13.2 Å². The summed E-state index contributed by atoms with van der Waals surface area (Å²) in [6.45, 7) is 6.53. The fourth-order valence-electron chi connectivity index (χ4n) is 3.18. The van der Waals surface area contributed by atoms with Crippen molar-refractivity contribution < 1.29 is 14.1 Å². The Bertz CT molecular complexity index is 706. The van der Waals surface area contributed by atoms with Gasteiger partial charge in [0.1, 0.15) is 11.8 Å². The lowest BCUT2D eigenvalue weighted by Gasteiger charge is -2.33. The standard InChI is InChI=1S/C18H23N3O3/c1-12-8-13(2)10-15(9-12)23-11-17(22)21-7-5-4-6-16(21)18-19-14(3)20-24-18/h8-10,16H,4-7,11H2,1-3H3. The van der Waals surface area contributed by atoms with Crippen LogP contribution in [0.25, 0.3) is 0 Å². The minimum Gasteiger partial charge on any atom is -0.484 e. The van der Waals surface area contributed by atoms with Gasteiger partial charge in [-0.2, -0.15) is 4.98 Å². The highest BCUT2D eigenvalue weighted by atomic mass is 16.5. The summed E-state index contributed by atoms with van der Waals surface area (Å²) >= 11 is 0. The van der Waals surface area contributed by atoms with E-state index in [1.165, 1.54) is 0 Å². The van der Waals surface area contributed by atoms with Crippen LogP contribution < -0.4 is 4.74 Å². The maximum atomic E-state index is 12.6. The number of amides is 1. The van der Waals surface area contributed by atoms with E-state index in [-0.39, 0.29) is 18.6 Å². The van der Waals surface area contributed by atoms with Crippen molar-refractivity contribution in [3.05, 3.63) is 41.0 Å². The first-order chi connectivity index (χ1) is 11.5. The molecule has 1 aliphatic heterocycles. The number of benzene rings is 1. The lowest BCUT2D eigenvalue weighted by atomic mass is 10.0. The van der Waals surface area contributed by atoms with Crippen LogP contribution in [0.2, 0.25) is 0 Å². The maximum Gasteiger partial charge on any atom is 0.261 e. The van der Waals surface area contributed by atoms with Gasteiger partial charge >= 0.3 is 0 Å². The third-order valence-electron chi connectivity index (χ3n) is 4.21. The number of hydrogen-bond donors (Lipinski definition) is 0. The molecule has 0 radical (unpaired) electrons. The summed E-state index contributed by atoms with van der Waals surface area (Å²) in [4.78, 5) is 18.7. The molecule has 1 unspecified atom stereocenters. The molecule has 0 bridgehead atoms. The average Bonchev–Trinajstić information content (AvgIpc) is 2.98. The molecule has 0 saturated carbocycles. The van der Waals surface area contributed by atoms with Crippen LogP contribution in [0.15, 0.2) is 22.7 Å². The molecule has 1 aromatic heterocycles. The summed E-state index contributed by atoms with van der Waals surface area (Å²) in [5, 5.41) is 3.84. The van der Waals surface area contributed by atoms with Crippen molar-refractivity contribution in [1.82, 2.24) is 15.0 Å². The molecule has 0 N–H and O–H groups in total. The zero-order chi connectivity index (χ0) is 17.1. The molecule has 1 aliphatic rings. The Morgan fingerprint density at radius 2 is 2.00 bits per heavy atom. The molecule has 3 rings (SSSR count). The van der Waals surface area contributed by atoms with Crippen LogP contribution in [0.3, 0.4) is 0 Å². The van der Waals surface area contributed by atoms with E-state index in [2.05, 4.69) is 16.2 Å². The van der Waals surface area contributed by atoms with Gasteiger partial charge in [-0.25, -0.2) is 0 Å². The molecule has 24 heavy (non-hydrogen) atoms. The Morgan fingerprint density at radius 1 is 1.25 bits per heavy atom.